The van der Waals surface area contributed by atoms with Crippen molar-refractivity contribution in [1.29, 1.82) is 0 Å². The summed E-state index contributed by atoms with van der Waals surface area (Å²) in [5.41, 5.74) is 0.322. The number of anilines is 1. The van der Waals surface area contributed by atoms with Crippen LogP contribution in [0.4, 0.5) is 11.4 Å². The van der Waals surface area contributed by atoms with Gasteiger partial charge in [-0.05, 0) is 36.8 Å². The molecule has 0 aliphatic rings. The number of ether oxygens (including phenoxy) is 1. The van der Waals surface area contributed by atoms with Crippen LogP contribution >= 0.6 is 11.6 Å². The zero-order valence-corrected chi connectivity index (χ0v) is 15.7. The van der Waals surface area contributed by atoms with Crippen LogP contribution in [0.2, 0.25) is 5.02 Å². The third-order valence-electron chi connectivity index (χ3n) is 3.68. The van der Waals surface area contributed by atoms with E-state index in [1.165, 1.54) is 18.2 Å². The number of hydrogen-bond donors (Lipinski definition) is 1. The molecular weight excluding hydrogens is 388 g/mol. The van der Waals surface area contributed by atoms with Crippen LogP contribution in [0.25, 0.3) is 0 Å². The summed E-state index contributed by atoms with van der Waals surface area (Å²) < 4.78 is 4.92. The second-order valence-corrected chi connectivity index (χ2v) is 6.20. The average Bonchev–Trinajstić information content (AvgIpc) is 2.66. The molecule has 0 heterocycles. The van der Waals surface area contributed by atoms with Gasteiger partial charge in [0.25, 0.3) is 5.69 Å². The number of non-ortho nitro benzene ring substituents is 1. The third kappa shape index (κ3) is 5.62. The van der Waals surface area contributed by atoms with Crippen molar-refractivity contribution in [2.45, 2.75) is 19.8 Å². The largest absolute Gasteiger partial charge is 0.454 e. The van der Waals surface area contributed by atoms with Gasteiger partial charge in [0.15, 0.2) is 12.4 Å². The highest BCUT2D eigenvalue weighted by molar-refractivity contribution is 6.33. The average molecular weight is 405 g/mol. The first-order valence-corrected chi connectivity index (χ1v) is 8.73. The van der Waals surface area contributed by atoms with E-state index in [1.54, 1.807) is 12.1 Å². The molecule has 0 spiro atoms. The number of amides is 1. The molecule has 0 bridgehead atoms. The van der Waals surface area contributed by atoms with Gasteiger partial charge in [0.1, 0.15) is 0 Å². The number of hydrogen-bond acceptors (Lipinski definition) is 6. The van der Waals surface area contributed by atoms with E-state index >= 15 is 0 Å². The number of Topliss-reactive ketones (excluding diaryl/α,β-unsaturated/α-hetero) is 1. The van der Waals surface area contributed by atoms with E-state index in [0.29, 0.717) is 12.1 Å². The fourth-order valence-electron chi connectivity index (χ4n) is 2.27. The molecule has 9 heteroatoms. The standard InChI is InChI=1S/C19H17ClN2O6/c1-2-3-18(24)21-13-6-4-12(5-7-13)17(23)11-28-19(25)15-10-14(22(26)27)8-9-16(15)20/h4-10H,2-3,11H2,1H3,(H,21,24). The Kier molecular flexibility index (Phi) is 7.22. The first kappa shape index (κ1) is 21.0. The molecule has 2 aromatic carbocycles. The van der Waals surface area contributed by atoms with Gasteiger partial charge in [0.2, 0.25) is 5.91 Å². The van der Waals surface area contributed by atoms with Gasteiger partial charge in [-0.3, -0.25) is 19.7 Å². The summed E-state index contributed by atoms with van der Waals surface area (Å²) in [6.45, 7) is 1.34. The van der Waals surface area contributed by atoms with Gasteiger partial charge in [-0.2, -0.15) is 0 Å². The molecule has 0 aliphatic heterocycles. The van der Waals surface area contributed by atoms with Crippen LogP contribution in [0.1, 0.15) is 40.5 Å². The van der Waals surface area contributed by atoms with E-state index in [2.05, 4.69) is 5.32 Å². The summed E-state index contributed by atoms with van der Waals surface area (Å²) in [6, 6.07) is 9.49. The molecule has 2 aromatic rings. The van der Waals surface area contributed by atoms with E-state index < -0.39 is 23.3 Å². The molecule has 2 rings (SSSR count). The summed E-state index contributed by atoms with van der Waals surface area (Å²) in [6.07, 6.45) is 1.12. The number of rotatable bonds is 8. The number of esters is 1. The number of nitro groups is 1. The van der Waals surface area contributed by atoms with Crippen LogP contribution in [0, 0.1) is 10.1 Å². The lowest BCUT2D eigenvalue weighted by Crippen LogP contribution is -2.15. The normalized spacial score (nSPS) is 10.2. The van der Waals surface area contributed by atoms with E-state index in [-0.39, 0.29) is 27.7 Å². The van der Waals surface area contributed by atoms with Crippen LogP contribution < -0.4 is 5.32 Å². The molecule has 8 nitrogen and oxygen atoms in total. The summed E-state index contributed by atoms with van der Waals surface area (Å²) in [5, 5.41) is 13.5. The minimum absolute atomic E-state index is 0.0183. The Morgan fingerprint density at radius 1 is 1.14 bits per heavy atom. The number of carbonyl (C=O) groups excluding carboxylic acids is 3. The predicted molar refractivity (Wildman–Crippen MR) is 103 cm³/mol. The van der Waals surface area contributed by atoms with Crippen LogP contribution in [-0.4, -0.2) is 29.2 Å². The number of halogens is 1. The zero-order chi connectivity index (χ0) is 20.7. The first-order chi connectivity index (χ1) is 13.3. The lowest BCUT2D eigenvalue weighted by molar-refractivity contribution is -0.384. The summed E-state index contributed by atoms with van der Waals surface area (Å²) in [7, 11) is 0. The Hall–Kier alpha value is -3.26. The topological polar surface area (TPSA) is 116 Å². The van der Waals surface area contributed by atoms with Crippen molar-refractivity contribution < 1.29 is 24.0 Å². The Morgan fingerprint density at radius 3 is 2.43 bits per heavy atom. The van der Waals surface area contributed by atoms with Crippen molar-refractivity contribution in [3.8, 4) is 0 Å². The quantitative estimate of drug-likeness (QED) is 0.307. The van der Waals surface area contributed by atoms with Gasteiger partial charge in [0.05, 0.1) is 15.5 Å². The van der Waals surface area contributed by atoms with Gasteiger partial charge < -0.3 is 10.1 Å². The molecule has 0 saturated heterocycles. The third-order valence-corrected chi connectivity index (χ3v) is 4.01. The van der Waals surface area contributed by atoms with Crippen molar-refractivity contribution in [2.75, 3.05) is 11.9 Å². The highest BCUT2D eigenvalue weighted by Gasteiger charge is 2.18. The minimum atomic E-state index is -0.939. The van der Waals surface area contributed by atoms with Crippen molar-refractivity contribution in [1.82, 2.24) is 0 Å². The second kappa shape index (κ2) is 9.61. The predicted octanol–water partition coefficient (Wildman–Crippen LogP) is 4.03. The fraction of sp³-hybridized carbons (Fsp3) is 0.211. The molecular formula is C19H17ClN2O6. The maximum absolute atomic E-state index is 12.2. The number of ketones is 1. The molecule has 0 fully saturated rings. The maximum atomic E-state index is 12.2. The second-order valence-electron chi connectivity index (χ2n) is 5.80. The van der Waals surface area contributed by atoms with Crippen LogP contribution in [0.5, 0.6) is 0 Å². The van der Waals surface area contributed by atoms with Gasteiger partial charge in [-0.1, -0.05) is 18.5 Å². The monoisotopic (exact) mass is 404 g/mol. The van der Waals surface area contributed by atoms with Crippen molar-refractivity contribution in [2.24, 2.45) is 0 Å². The number of nitrogens with one attached hydrogen (secondary N) is 1. The summed E-state index contributed by atoms with van der Waals surface area (Å²) in [5.74, 6) is -1.53. The van der Waals surface area contributed by atoms with Crippen molar-refractivity contribution >= 4 is 40.6 Å². The molecule has 0 radical (unpaired) electrons. The van der Waals surface area contributed by atoms with Gasteiger partial charge in [-0.25, -0.2) is 4.79 Å². The summed E-state index contributed by atoms with van der Waals surface area (Å²) in [4.78, 5) is 45.9. The molecule has 1 amide bonds. The SMILES string of the molecule is CCCC(=O)Nc1ccc(C(=O)COC(=O)c2cc([N+](=O)[O-])ccc2Cl)cc1. The number of nitrogens with zero attached hydrogens (tertiary/aromatic N) is 1. The van der Waals surface area contributed by atoms with Gasteiger partial charge >= 0.3 is 5.97 Å². The summed E-state index contributed by atoms with van der Waals surface area (Å²) >= 11 is 5.87. The molecule has 0 atom stereocenters. The zero-order valence-electron chi connectivity index (χ0n) is 14.9. The molecule has 0 aromatic heterocycles. The van der Waals surface area contributed by atoms with Crippen molar-refractivity contribution in [3.05, 3.63) is 68.7 Å². The van der Waals surface area contributed by atoms with Crippen LogP contribution in [0.3, 0.4) is 0 Å². The van der Waals surface area contributed by atoms with Crippen LogP contribution in [0.15, 0.2) is 42.5 Å². The molecule has 1 N–H and O–H groups in total. The minimum Gasteiger partial charge on any atom is -0.454 e. The lowest BCUT2D eigenvalue weighted by atomic mass is 10.1. The molecule has 28 heavy (non-hydrogen) atoms. The Morgan fingerprint density at radius 2 is 1.82 bits per heavy atom. The van der Waals surface area contributed by atoms with E-state index in [1.807, 2.05) is 6.92 Å². The fourth-order valence-corrected chi connectivity index (χ4v) is 2.46. The number of benzene rings is 2. The number of carbonyl (C=O) groups is 3. The van der Waals surface area contributed by atoms with Gasteiger partial charge in [0, 0.05) is 29.8 Å². The first-order valence-electron chi connectivity index (χ1n) is 8.36. The highest BCUT2D eigenvalue weighted by atomic mass is 35.5. The van der Waals surface area contributed by atoms with Crippen molar-refractivity contribution in [3.63, 3.8) is 0 Å². The Balaban J connectivity index is 1.98. The van der Waals surface area contributed by atoms with E-state index in [0.717, 1.165) is 18.6 Å². The molecule has 0 aliphatic carbocycles. The van der Waals surface area contributed by atoms with E-state index in [9.17, 15) is 24.5 Å². The molecule has 0 saturated carbocycles. The Labute approximate surface area is 165 Å². The highest BCUT2D eigenvalue weighted by Crippen LogP contribution is 2.23. The number of nitro benzene ring substituents is 1. The lowest BCUT2D eigenvalue weighted by Gasteiger charge is -2.07. The maximum Gasteiger partial charge on any atom is 0.340 e. The Bertz CT molecular complexity index is 911. The van der Waals surface area contributed by atoms with Gasteiger partial charge in [-0.15, -0.1) is 0 Å². The van der Waals surface area contributed by atoms with Crippen LogP contribution in [-0.2, 0) is 9.53 Å². The molecule has 146 valence electrons. The molecule has 0 unspecified atom stereocenters. The van der Waals surface area contributed by atoms with E-state index in [4.69, 9.17) is 16.3 Å². The smallest absolute Gasteiger partial charge is 0.340 e.